The lowest BCUT2D eigenvalue weighted by molar-refractivity contribution is 0.645. The molecule has 3 aromatic carbocycles. The van der Waals surface area contributed by atoms with Gasteiger partial charge >= 0.3 is 0 Å². The van der Waals surface area contributed by atoms with Gasteiger partial charge in [0.1, 0.15) is 22.7 Å². The van der Waals surface area contributed by atoms with Gasteiger partial charge in [0.15, 0.2) is 0 Å². The third kappa shape index (κ3) is 8.38. The lowest BCUT2D eigenvalue weighted by atomic mass is 9.92. The summed E-state index contributed by atoms with van der Waals surface area (Å²) in [7, 11) is 1.97. The number of para-hydroxylation sites is 1. The zero-order valence-corrected chi connectivity index (χ0v) is 30.5. The van der Waals surface area contributed by atoms with Crippen LogP contribution in [0.4, 0.5) is 5.69 Å². The fourth-order valence-electron chi connectivity index (χ4n) is 6.59. The van der Waals surface area contributed by atoms with Crippen LogP contribution in [0.3, 0.4) is 0 Å². The Kier molecular flexibility index (Phi) is 11.6. The topological polar surface area (TPSA) is 85.0 Å². The zero-order valence-electron chi connectivity index (χ0n) is 30.5. The molecule has 0 saturated heterocycles. The van der Waals surface area contributed by atoms with E-state index in [0.29, 0.717) is 18.1 Å². The Morgan fingerprint density at radius 2 is 1.78 bits per heavy atom. The number of furan rings is 1. The second-order valence-corrected chi connectivity index (χ2v) is 13.5. The zero-order chi connectivity index (χ0) is 35.7. The highest BCUT2D eigenvalue weighted by Crippen LogP contribution is 2.32. The van der Waals surface area contributed by atoms with E-state index in [-0.39, 0.29) is 11.6 Å². The molecule has 262 valence electrons. The van der Waals surface area contributed by atoms with Crippen molar-refractivity contribution in [3.05, 3.63) is 141 Å². The number of hydrogen-bond donors (Lipinski definition) is 2. The van der Waals surface area contributed by atoms with Crippen molar-refractivity contribution < 1.29 is 4.42 Å². The minimum absolute atomic E-state index is 0.0545. The number of nitrogens with zero attached hydrogens (tertiary/aromatic N) is 3. The molecular formula is C44H49N5O2. The third-order valence-corrected chi connectivity index (χ3v) is 9.59. The van der Waals surface area contributed by atoms with Crippen LogP contribution in [0.5, 0.6) is 0 Å². The molecule has 51 heavy (non-hydrogen) atoms. The molecule has 0 radical (unpaired) electrons. The highest BCUT2D eigenvalue weighted by atomic mass is 16.3. The average Bonchev–Trinajstić information content (AvgIpc) is 3.49. The number of pyridine rings is 1. The van der Waals surface area contributed by atoms with E-state index in [0.717, 1.165) is 64.4 Å². The molecule has 1 saturated carbocycles. The third-order valence-electron chi connectivity index (χ3n) is 9.59. The fraction of sp³-hybridized carbons (Fsp3) is 0.295. The van der Waals surface area contributed by atoms with Gasteiger partial charge in [0.2, 0.25) is 0 Å². The van der Waals surface area contributed by atoms with Crippen molar-refractivity contribution in [1.29, 1.82) is 0 Å². The van der Waals surface area contributed by atoms with Crippen LogP contribution in [-0.4, -0.2) is 28.1 Å². The maximum atomic E-state index is 13.7. The summed E-state index contributed by atoms with van der Waals surface area (Å²) in [5.41, 5.74) is 10.8. The molecule has 0 spiro atoms. The summed E-state index contributed by atoms with van der Waals surface area (Å²) in [5.74, 6) is 0.707. The van der Waals surface area contributed by atoms with Crippen LogP contribution < -0.4 is 16.2 Å². The van der Waals surface area contributed by atoms with Crippen LogP contribution in [0, 0.1) is 6.92 Å². The van der Waals surface area contributed by atoms with Crippen LogP contribution in [0.1, 0.15) is 74.8 Å². The Morgan fingerprint density at radius 3 is 2.55 bits per heavy atom. The van der Waals surface area contributed by atoms with E-state index in [9.17, 15) is 4.79 Å². The van der Waals surface area contributed by atoms with E-state index in [1.54, 1.807) is 10.8 Å². The predicted molar refractivity (Wildman–Crippen MR) is 212 cm³/mol. The van der Waals surface area contributed by atoms with Gasteiger partial charge in [-0.15, -0.1) is 0 Å². The summed E-state index contributed by atoms with van der Waals surface area (Å²) >= 11 is 0. The maximum Gasteiger partial charge on any atom is 0.277 e. The molecule has 0 aliphatic heterocycles. The van der Waals surface area contributed by atoms with Gasteiger partial charge in [-0.05, 0) is 100 Å². The number of allylic oxidation sites excluding steroid dienone is 2. The number of aromatic nitrogens is 3. The standard InChI is InChI=1S/C31H29N3O2.C13H20N2/c1-20-8-3-4-11-24(20)30-32-19-27(31(35)34(30)17-16-22-9-7-10-22)33-21(2)23-14-15-29-26(18-23)25-12-5-6-13-28(25)36-29;1-4-5-12-6-7-15-10-13(12)8-11(2)9-14-3/h3-6,8,11-16,18-19,21,33H,7,9-10,17H2,1-2H3;6-8,10,14H,4-5,9H2,1-3H3/b;11-8+. The summed E-state index contributed by atoms with van der Waals surface area (Å²) in [5, 5.41) is 8.76. The van der Waals surface area contributed by atoms with Gasteiger partial charge in [-0.3, -0.25) is 14.3 Å². The largest absolute Gasteiger partial charge is 0.456 e. The van der Waals surface area contributed by atoms with Crippen LogP contribution in [0.2, 0.25) is 0 Å². The molecule has 3 heterocycles. The van der Waals surface area contributed by atoms with E-state index >= 15 is 0 Å². The molecular weight excluding hydrogens is 631 g/mol. The molecule has 1 aliphatic rings. The van der Waals surface area contributed by atoms with Crippen molar-refractivity contribution in [3.63, 3.8) is 0 Å². The molecule has 7 rings (SSSR count). The first-order valence-corrected chi connectivity index (χ1v) is 18.1. The van der Waals surface area contributed by atoms with Crippen molar-refractivity contribution in [1.82, 2.24) is 19.9 Å². The highest BCUT2D eigenvalue weighted by molar-refractivity contribution is 6.05. The molecule has 1 unspecified atom stereocenters. The molecule has 1 fully saturated rings. The quantitative estimate of drug-likeness (QED) is 0.133. The van der Waals surface area contributed by atoms with E-state index in [1.165, 1.54) is 35.1 Å². The minimum Gasteiger partial charge on any atom is -0.456 e. The van der Waals surface area contributed by atoms with Crippen LogP contribution in [0.25, 0.3) is 39.4 Å². The molecule has 6 aromatic rings. The van der Waals surface area contributed by atoms with E-state index in [2.05, 4.69) is 85.8 Å². The molecule has 2 N–H and O–H groups in total. The van der Waals surface area contributed by atoms with Crippen molar-refractivity contribution in [2.24, 2.45) is 0 Å². The lowest BCUT2D eigenvalue weighted by Crippen LogP contribution is -2.27. The number of rotatable bonds is 11. The van der Waals surface area contributed by atoms with Crippen molar-refractivity contribution in [2.45, 2.75) is 72.4 Å². The first-order valence-electron chi connectivity index (χ1n) is 18.1. The molecule has 0 bridgehead atoms. The number of benzene rings is 3. The summed E-state index contributed by atoms with van der Waals surface area (Å²) in [4.78, 5) is 22.7. The molecule has 0 amide bonds. The smallest absolute Gasteiger partial charge is 0.277 e. The first kappa shape index (κ1) is 35.6. The maximum absolute atomic E-state index is 13.7. The van der Waals surface area contributed by atoms with Crippen LogP contribution in [0.15, 0.2) is 118 Å². The summed E-state index contributed by atoms with van der Waals surface area (Å²) < 4.78 is 7.78. The minimum atomic E-state index is -0.0830. The van der Waals surface area contributed by atoms with E-state index in [4.69, 9.17) is 9.40 Å². The monoisotopic (exact) mass is 679 g/mol. The Bertz CT molecular complexity index is 2240. The van der Waals surface area contributed by atoms with Gasteiger partial charge in [-0.1, -0.05) is 85.2 Å². The molecule has 3 aromatic heterocycles. The van der Waals surface area contributed by atoms with Crippen molar-refractivity contribution in [2.75, 3.05) is 18.9 Å². The van der Waals surface area contributed by atoms with Crippen LogP contribution in [-0.2, 0) is 13.0 Å². The number of hydrogen-bond acceptors (Lipinski definition) is 6. The Morgan fingerprint density at radius 1 is 1.00 bits per heavy atom. The van der Waals surface area contributed by atoms with Crippen LogP contribution >= 0.6 is 0 Å². The number of fused-ring (bicyclic) bond motifs is 3. The summed E-state index contributed by atoms with van der Waals surface area (Å²) in [6.45, 7) is 9.93. The second kappa shape index (κ2) is 16.6. The van der Waals surface area contributed by atoms with Gasteiger partial charge in [-0.2, -0.15) is 0 Å². The Hall–Kier alpha value is -5.27. The number of likely N-dealkylation sites (N-methyl/N-ethyl adjacent to an activating group) is 1. The van der Waals surface area contributed by atoms with Gasteiger partial charge < -0.3 is 15.1 Å². The van der Waals surface area contributed by atoms with Gasteiger partial charge in [0.25, 0.3) is 5.56 Å². The average molecular weight is 680 g/mol. The van der Waals surface area contributed by atoms with Crippen molar-refractivity contribution >= 4 is 33.7 Å². The van der Waals surface area contributed by atoms with Gasteiger partial charge in [-0.25, -0.2) is 4.98 Å². The number of anilines is 1. The SMILES string of the molecule is CCCc1ccncc1/C=C(\C)CNC.Cc1ccccc1-c1ncc(NC(C)c2ccc3oc4ccccc4c3c2)c(=O)n1CC=C1CCC1. The van der Waals surface area contributed by atoms with Gasteiger partial charge in [0.05, 0.1) is 6.20 Å². The normalized spacial score (nSPS) is 13.4. The lowest BCUT2D eigenvalue weighted by Gasteiger charge is -2.20. The van der Waals surface area contributed by atoms with Gasteiger partial charge in [0, 0.05) is 47.9 Å². The van der Waals surface area contributed by atoms with Crippen molar-refractivity contribution in [3.8, 4) is 11.4 Å². The summed E-state index contributed by atoms with van der Waals surface area (Å²) in [6.07, 6.45) is 15.7. The first-order chi connectivity index (χ1) is 24.9. The fourth-order valence-corrected chi connectivity index (χ4v) is 6.59. The number of aryl methyl sites for hydroxylation is 2. The Labute approximate surface area is 301 Å². The summed E-state index contributed by atoms with van der Waals surface area (Å²) in [6, 6.07) is 24.4. The number of nitrogens with one attached hydrogen (secondary N) is 2. The highest BCUT2D eigenvalue weighted by Gasteiger charge is 2.17. The molecule has 7 heteroatoms. The Balaban J connectivity index is 0.000000252. The van der Waals surface area contributed by atoms with E-state index in [1.807, 2.05) is 61.9 Å². The second-order valence-electron chi connectivity index (χ2n) is 13.5. The van der Waals surface area contributed by atoms with E-state index < -0.39 is 0 Å². The molecule has 1 atom stereocenters. The molecule has 1 aliphatic carbocycles. The molecule has 7 nitrogen and oxygen atoms in total. The predicted octanol–water partition coefficient (Wildman–Crippen LogP) is 10.1.